The highest BCUT2D eigenvalue weighted by atomic mass is 16.2. The predicted octanol–water partition coefficient (Wildman–Crippen LogP) is 6.17. The molecular formula is C30H33N3O2. The van der Waals surface area contributed by atoms with Gasteiger partial charge in [-0.3, -0.25) is 14.2 Å². The second kappa shape index (κ2) is 9.87. The van der Waals surface area contributed by atoms with E-state index in [2.05, 4.69) is 19.9 Å². The van der Waals surface area contributed by atoms with Crippen molar-refractivity contribution in [1.29, 1.82) is 0 Å². The summed E-state index contributed by atoms with van der Waals surface area (Å²) < 4.78 is 1.69. The number of nitrogens with zero attached hydrogens (tertiary/aromatic N) is 3. The fraction of sp³-hybridized carbons (Fsp3) is 0.300. The minimum Gasteiger partial charge on any atom is -0.328 e. The Morgan fingerprint density at radius 2 is 1.57 bits per heavy atom. The maximum atomic E-state index is 13.8. The standard InChI is InChI=1S/C30H33N3O2/c1-19(2)18-32(29(34)24-14-11-20(3)12-15-24)23(6)28-31-26-10-8-7-9-25(26)30(35)33(28)27-16-13-21(4)17-22(27)5/h7-17,19,23H,18H2,1-6H3. The molecule has 0 aliphatic carbocycles. The molecule has 0 fully saturated rings. The molecule has 1 heterocycles. The van der Waals surface area contributed by atoms with Crippen LogP contribution < -0.4 is 5.56 Å². The summed E-state index contributed by atoms with van der Waals surface area (Å²) in [7, 11) is 0. The molecule has 1 unspecified atom stereocenters. The number of rotatable bonds is 6. The highest BCUT2D eigenvalue weighted by molar-refractivity contribution is 5.94. The second-order valence-electron chi connectivity index (χ2n) is 9.81. The van der Waals surface area contributed by atoms with E-state index in [-0.39, 0.29) is 17.4 Å². The Morgan fingerprint density at radius 1 is 0.914 bits per heavy atom. The molecule has 3 aromatic carbocycles. The van der Waals surface area contributed by atoms with Gasteiger partial charge in [-0.2, -0.15) is 0 Å². The molecule has 0 aliphatic heterocycles. The number of amides is 1. The number of hydrogen-bond acceptors (Lipinski definition) is 3. The van der Waals surface area contributed by atoms with Gasteiger partial charge < -0.3 is 4.90 Å². The van der Waals surface area contributed by atoms with Gasteiger partial charge in [0.05, 0.1) is 22.6 Å². The molecule has 0 bridgehead atoms. The van der Waals surface area contributed by atoms with Crippen molar-refractivity contribution in [2.75, 3.05) is 6.54 Å². The third-order valence-corrected chi connectivity index (χ3v) is 6.36. The second-order valence-corrected chi connectivity index (χ2v) is 9.81. The molecule has 0 saturated carbocycles. The molecule has 1 atom stereocenters. The zero-order valence-electron chi connectivity index (χ0n) is 21.4. The number of aromatic nitrogens is 2. The summed E-state index contributed by atoms with van der Waals surface area (Å²) in [6.45, 7) is 12.7. The molecule has 5 nitrogen and oxygen atoms in total. The van der Waals surface area contributed by atoms with E-state index < -0.39 is 6.04 Å². The van der Waals surface area contributed by atoms with Crippen molar-refractivity contribution < 1.29 is 4.79 Å². The Kier molecular flexibility index (Phi) is 6.88. The zero-order chi connectivity index (χ0) is 25.3. The van der Waals surface area contributed by atoms with Gasteiger partial charge in [-0.25, -0.2) is 4.98 Å². The van der Waals surface area contributed by atoms with Gasteiger partial charge in [0.2, 0.25) is 0 Å². The number of fused-ring (bicyclic) bond motifs is 1. The molecule has 0 saturated heterocycles. The van der Waals surface area contributed by atoms with Crippen molar-refractivity contribution >= 4 is 16.8 Å². The Labute approximate surface area is 207 Å². The van der Waals surface area contributed by atoms with Crippen LogP contribution in [0.15, 0.2) is 71.5 Å². The molecule has 180 valence electrons. The van der Waals surface area contributed by atoms with Crippen LogP contribution in [0.25, 0.3) is 16.6 Å². The van der Waals surface area contributed by atoms with Gasteiger partial charge in [-0.05, 0) is 69.5 Å². The monoisotopic (exact) mass is 467 g/mol. The Morgan fingerprint density at radius 3 is 2.23 bits per heavy atom. The van der Waals surface area contributed by atoms with Crippen LogP contribution in [0.2, 0.25) is 0 Å². The van der Waals surface area contributed by atoms with E-state index in [0.717, 1.165) is 22.4 Å². The zero-order valence-corrected chi connectivity index (χ0v) is 21.4. The lowest BCUT2D eigenvalue weighted by Crippen LogP contribution is -2.39. The van der Waals surface area contributed by atoms with Crippen molar-refractivity contribution in [3.8, 4) is 5.69 Å². The van der Waals surface area contributed by atoms with Crippen molar-refractivity contribution in [3.05, 3.63) is 105 Å². The Hall–Kier alpha value is -3.73. The van der Waals surface area contributed by atoms with Gasteiger partial charge in [0, 0.05) is 12.1 Å². The van der Waals surface area contributed by atoms with E-state index in [1.54, 1.807) is 4.57 Å². The minimum absolute atomic E-state index is 0.0687. The number of hydrogen-bond donors (Lipinski definition) is 0. The largest absolute Gasteiger partial charge is 0.328 e. The normalized spacial score (nSPS) is 12.2. The number of aryl methyl sites for hydroxylation is 3. The summed E-state index contributed by atoms with van der Waals surface area (Å²) in [4.78, 5) is 34.4. The maximum Gasteiger partial charge on any atom is 0.266 e. The average Bonchev–Trinajstić information content (AvgIpc) is 2.83. The highest BCUT2D eigenvalue weighted by Crippen LogP contribution is 2.27. The molecule has 0 aliphatic rings. The van der Waals surface area contributed by atoms with Crippen LogP contribution in [0.5, 0.6) is 0 Å². The first kappa shape index (κ1) is 24.4. The SMILES string of the molecule is Cc1ccc(C(=O)N(CC(C)C)C(C)c2nc3ccccc3c(=O)n2-c2ccc(C)cc2C)cc1. The van der Waals surface area contributed by atoms with Crippen molar-refractivity contribution in [2.24, 2.45) is 5.92 Å². The summed E-state index contributed by atoms with van der Waals surface area (Å²) in [6, 6.07) is 20.6. The predicted molar refractivity (Wildman–Crippen MR) is 142 cm³/mol. The lowest BCUT2D eigenvalue weighted by atomic mass is 10.1. The molecule has 35 heavy (non-hydrogen) atoms. The maximum absolute atomic E-state index is 13.8. The number of benzene rings is 3. The minimum atomic E-state index is -0.427. The van der Waals surface area contributed by atoms with E-state index in [9.17, 15) is 9.59 Å². The highest BCUT2D eigenvalue weighted by Gasteiger charge is 2.28. The van der Waals surface area contributed by atoms with Crippen LogP contribution in [0.4, 0.5) is 0 Å². The molecule has 4 aromatic rings. The van der Waals surface area contributed by atoms with Crippen LogP contribution in [0.1, 0.15) is 59.7 Å². The van der Waals surface area contributed by atoms with E-state index >= 15 is 0 Å². The Bertz CT molecular complexity index is 1430. The molecule has 0 radical (unpaired) electrons. The first-order valence-corrected chi connectivity index (χ1v) is 12.1. The number of carbonyl (C=O) groups is 1. The average molecular weight is 468 g/mol. The van der Waals surface area contributed by atoms with Crippen molar-refractivity contribution in [3.63, 3.8) is 0 Å². The summed E-state index contributed by atoms with van der Waals surface area (Å²) in [5.74, 6) is 0.733. The number of para-hydroxylation sites is 1. The fourth-order valence-electron chi connectivity index (χ4n) is 4.53. The molecule has 1 aromatic heterocycles. The van der Waals surface area contributed by atoms with Crippen LogP contribution in [0, 0.1) is 26.7 Å². The topological polar surface area (TPSA) is 55.2 Å². The third-order valence-electron chi connectivity index (χ3n) is 6.36. The van der Waals surface area contributed by atoms with Gasteiger partial charge >= 0.3 is 0 Å². The summed E-state index contributed by atoms with van der Waals surface area (Å²) >= 11 is 0. The first-order valence-electron chi connectivity index (χ1n) is 12.1. The lowest BCUT2D eigenvalue weighted by molar-refractivity contribution is 0.0655. The third kappa shape index (κ3) is 4.90. The quantitative estimate of drug-likeness (QED) is 0.341. The van der Waals surface area contributed by atoms with E-state index in [4.69, 9.17) is 4.98 Å². The summed E-state index contributed by atoms with van der Waals surface area (Å²) in [5, 5.41) is 0.559. The van der Waals surface area contributed by atoms with Crippen molar-refractivity contribution in [2.45, 2.75) is 47.6 Å². The summed E-state index contributed by atoms with van der Waals surface area (Å²) in [6.07, 6.45) is 0. The van der Waals surface area contributed by atoms with Gasteiger partial charge in [0.1, 0.15) is 5.82 Å². The van der Waals surface area contributed by atoms with Crippen LogP contribution >= 0.6 is 0 Å². The molecule has 0 spiro atoms. The van der Waals surface area contributed by atoms with E-state index in [1.165, 1.54) is 0 Å². The van der Waals surface area contributed by atoms with Gasteiger partial charge in [0.15, 0.2) is 0 Å². The molecule has 4 rings (SSSR count). The molecule has 0 N–H and O–H groups in total. The molecule has 5 heteroatoms. The van der Waals surface area contributed by atoms with Gasteiger partial charge in [0.25, 0.3) is 11.5 Å². The number of carbonyl (C=O) groups excluding carboxylic acids is 1. The molecular weight excluding hydrogens is 434 g/mol. The van der Waals surface area contributed by atoms with Crippen LogP contribution in [0.3, 0.4) is 0 Å². The van der Waals surface area contributed by atoms with E-state index in [1.807, 2.05) is 93.3 Å². The van der Waals surface area contributed by atoms with Crippen LogP contribution in [-0.2, 0) is 0 Å². The van der Waals surface area contributed by atoms with Crippen molar-refractivity contribution in [1.82, 2.24) is 14.5 Å². The Balaban J connectivity index is 1.94. The van der Waals surface area contributed by atoms with Crippen LogP contribution in [-0.4, -0.2) is 26.9 Å². The van der Waals surface area contributed by atoms with Gasteiger partial charge in [-0.15, -0.1) is 0 Å². The smallest absolute Gasteiger partial charge is 0.266 e. The summed E-state index contributed by atoms with van der Waals surface area (Å²) in [5.41, 5.74) is 5.13. The van der Waals surface area contributed by atoms with E-state index in [0.29, 0.717) is 28.8 Å². The molecule has 1 amide bonds. The van der Waals surface area contributed by atoms with Gasteiger partial charge in [-0.1, -0.05) is 61.4 Å². The lowest BCUT2D eigenvalue weighted by Gasteiger charge is -2.32. The fourth-order valence-corrected chi connectivity index (χ4v) is 4.53. The first-order chi connectivity index (χ1) is 16.7.